The van der Waals surface area contributed by atoms with Crippen LogP contribution in [0.1, 0.15) is 52.0 Å². The van der Waals surface area contributed by atoms with E-state index in [2.05, 4.69) is 15.6 Å². The van der Waals surface area contributed by atoms with Crippen LogP contribution in [0, 0.1) is 0 Å². The number of carbonyl (C=O) groups excluding carboxylic acids is 1. The molecule has 1 saturated carbocycles. The van der Waals surface area contributed by atoms with Gasteiger partial charge in [-0.05, 0) is 58.6 Å². The Morgan fingerprint density at radius 1 is 1.27 bits per heavy atom. The Bertz CT molecular complexity index is 713. The zero-order valence-electron chi connectivity index (χ0n) is 19.1. The number of benzene rings is 1. The van der Waals surface area contributed by atoms with E-state index in [1.807, 2.05) is 50.9 Å². The third-order valence-corrected chi connectivity index (χ3v) is 4.78. The number of ether oxygens (including phenoxy) is 2. The molecule has 7 nitrogen and oxygen atoms in total. The highest BCUT2D eigenvalue weighted by Gasteiger charge is 2.20. The largest absolute Gasteiger partial charge is 0.497 e. The summed E-state index contributed by atoms with van der Waals surface area (Å²) in [4.78, 5) is 18.3. The Kier molecular flexibility index (Phi) is 10.7. The lowest BCUT2D eigenvalue weighted by Crippen LogP contribution is -2.48. The highest BCUT2D eigenvalue weighted by Crippen LogP contribution is 2.30. The molecule has 0 heterocycles. The number of hydrogen-bond donors (Lipinski definition) is 2. The molecule has 2 N–H and O–H groups in total. The van der Waals surface area contributed by atoms with Gasteiger partial charge < -0.3 is 25.0 Å². The van der Waals surface area contributed by atoms with Crippen molar-refractivity contribution >= 4 is 35.8 Å². The van der Waals surface area contributed by atoms with Gasteiger partial charge in [-0.2, -0.15) is 0 Å². The molecule has 1 aromatic carbocycles. The van der Waals surface area contributed by atoms with E-state index in [0.717, 1.165) is 29.9 Å². The quantitative estimate of drug-likeness (QED) is 0.319. The van der Waals surface area contributed by atoms with E-state index in [1.165, 1.54) is 12.8 Å². The summed E-state index contributed by atoms with van der Waals surface area (Å²) in [6, 6.07) is 5.88. The zero-order valence-corrected chi connectivity index (χ0v) is 21.4. The van der Waals surface area contributed by atoms with Crippen LogP contribution in [0.4, 0.5) is 0 Å². The van der Waals surface area contributed by atoms with E-state index in [4.69, 9.17) is 9.47 Å². The summed E-state index contributed by atoms with van der Waals surface area (Å²) in [5.41, 5.74) is 0.774. The summed E-state index contributed by atoms with van der Waals surface area (Å²) in [7, 11) is 5.22. The van der Waals surface area contributed by atoms with E-state index in [1.54, 1.807) is 14.2 Å². The lowest BCUT2D eigenvalue weighted by atomic mass is 10.1. The van der Waals surface area contributed by atoms with Crippen molar-refractivity contribution < 1.29 is 14.3 Å². The molecule has 170 valence electrons. The van der Waals surface area contributed by atoms with Crippen molar-refractivity contribution in [3.63, 3.8) is 0 Å². The number of guanidine groups is 1. The van der Waals surface area contributed by atoms with Crippen LogP contribution in [0.5, 0.6) is 11.5 Å². The first kappa shape index (κ1) is 26.3. The summed E-state index contributed by atoms with van der Waals surface area (Å²) in [5, 5.41) is 6.30. The molecule has 8 heteroatoms. The number of likely N-dealkylation sites (N-methyl/N-ethyl adjacent to an activating group) is 1. The summed E-state index contributed by atoms with van der Waals surface area (Å²) in [6.07, 6.45) is 4.89. The summed E-state index contributed by atoms with van der Waals surface area (Å²) in [6.45, 7) is 6.67. The second-order valence-corrected chi connectivity index (χ2v) is 8.55. The van der Waals surface area contributed by atoms with Crippen LogP contribution in [-0.4, -0.2) is 56.2 Å². The van der Waals surface area contributed by atoms with Crippen LogP contribution in [0.3, 0.4) is 0 Å². The lowest BCUT2D eigenvalue weighted by molar-refractivity contribution is -0.122. The fraction of sp³-hybridized carbons (Fsp3) is 0.636. The van der Waals surface area contributed by atoms with Crippen molar-refractivity contribution in [3.05, 3.63) is 23.8 Å². The van der Waals surface area contributed by atoms with Crippen molar-refractivity contribution in [3.8, 4) is 11.5 Å². The Labute approximate surface area is 198 Å². The number of nitrogens with one attached hydrogen (secondary N) is 2. The zero-order chi connectivity index (χ0) is 21.4. The van der Waals surface area contributed by atoms with Crippen molar-refractivity contribution in [1.29, 1.82) is 0 Å². The molecule has 0 unspecified atom stereocenters. The van der Waals surface area contributed by atoms with Gasteiger partial charge in [0.15, 0.2) is 5.96 Å². The Morgan fingerprint density at radius 3 is 2.50 bits per heavy atom. The Balaban J connectivity index is 0.00000450. The van der Waals surface area contributed by atoms with Crippen LogP contribution in [0.15, 0.2) is 23.2 Å². The standard InChI is InChI=1S/C22H36N4O3.HI/c1-22(2,3)25-20(27)15-26(5)21(23-4)24-14-16-11-12-18(28-6)13-19(16)29-17-9-7-8-10-17;/h11-13,17H,7-10,14-15H2,1-6H3,(H,23,24)(H,25,27);1H. The van der Waals surface area contributed by atoms with Crippen LogP contribution < -0.4 is 20.1 Å². The number of aliphatic imine (C=N–C) groups is 1. The molecule has 1 aromatic rings. The van der Waals surface area contributed by atoms with Crippen molar-refractivity contribution in [2.45, 2.75) is 64.6 Å². The highest BCUT2D eigenvalue weighted by molar-refractivity contribution is 14.0. The third kappa shape index (κ3) is 8.57. The number of amides is 1. The van der Waals surface area contributed by atoms with Crippen LogP contribution in [0.2, 0.25) is 0 Å². The molecular formula is C22H37IN4O3. The Hall–Kier alpha value is -1.71. The first-order valence-electron chi connectivity index (χ1n) is 10.3. The van der Waals surface area contributed by atoms with Crippen molar-refractivity contribution in [2.24, 2.45) is 4.99 Å². The maximum atomic E-state index is 12.2. The van der Waals surface area contributed by atoms with Gasteiger partial charge in [-0.1, -0.05) is 0 Å². The fourth-order valence-corrected chi connectivity index (χ4v) is 3.41. The molecule has 0 spiro atoms. The lowest BCUT2D eigenvalue weighted by Gasteiger charge is -2.26. The second kappa shape index (κ2) is 12.2. The minimum Gasteiger partial charge on any atom is -0.497 e. The van der Waals surface area contributed by atoms with Gasteiger partial charge in [0.25, 0.3) is 0 Å². The molecule has 1 fully saturated rings. The normalized spacial score (nSPS) is 14.7. The van der Waals surface area contributed by atoms with Gasteiger partial charge in [-0.15, -0.1) is 24.0 Å². The van der Waals surface area contributed by atoms with Crippen molar-refractivity contribution in [1.82, 2.24) is 15.5 Å². The Morgan fingerprint density at radius 2 is 1.93 bits per heavy atom. The van der Waals surface area contributed by atoms with Gasteiger partial charge in [0.05, 0.1) is 19.8 Å². The molecular weight excluding hydrogens is 495 g/mol. The molecule has 30 heavy (non-hydrogen) atoms. The van der Waals surface area contributed by atoms with Gasteiger partial charge in [-0.3, -0.25) is 9.79 Å². The maximum Gasteiger partial charge on any atom is 0.240 e. The van der Waals surface area contributed by atoms with Gasteiger partial charge in [0.2, 0.25) is 5.91 Å². The van der Waals surface area contributed by atoms with E-state index in [9.17, 15) is 4.79 Å². The number of carbonyl (C=O) groups is 1. The predicted molar refractivity (Wildman–Crippen MR) is 132 cm³/mol. The van der Waals surface area contributed by atoms with Crippen molar-refractivity contribution in [2.75, 3.05) is 27.7 Å². The minimum atomic E-state index is -0.259. The average Bonchev–Trinajstić information content (AvgIpc) is 3.14. The molecule has 0 aliphatic heterocycles. The van der Waals surface area contributed by atoms with Gasteiger partial charge in [0, 0.05) is 37.8 Å². The van der Waals surface area contributed by atoms with Crippen LogP contribution >= 0.6 is 24.0 Å². The first-order valence-corrected chi connectivity index (χ1v) is 10.3. The van der Waals surface area contributed by atoms with Gasteiger partial charge in [0.1, 0.15) is 11.5 Å². The molecule has 0 atom stereocenters. The third-order valence-electron chi connectivity index (χ3n) is 4.78. The van der Waals surface area contributed by atoms with Gasteiger partial charge in [-0.25, -0.2) is 0 Å². The summed E-state index contributed by atoms with van der Waals surface area (Å²) >= 11 is 0. The fourth-order valence-electron chi connectivity index (χ4n) is 3.41. The van der Waals surface area contributed by atoms with E-state index < -0.39 is 0 Å². The molecule has 1 aliphatic carbocycles. The second-order valence-electron chi connectivity index (χ2n) is 8.55. The topological polar surface area (TPSA) is 75.2 Å². The molecule has 1 amide bonds. The first-order chi connectivity index (χ1) is 13.7. The number of nitrogens with zero attached hydrogens (tertiary/aromatic N) is 2. The van der Waals surface area contributed by atoms with Crippen LogP contribution in [-0.2, 0) is 11.3 Å². The molecule has 1 aliphatic rings. The predicted octanol–water partition coefficient (Wildman–Crippen LogP) is 3.56. The molecule has 0 saturated heterocycles. The van der Waals surface area contributed by atoms with E-state index in [0.29, 0.717) is 12.5 Å². The average molecular weight is 532 g/mol. The van der Waals surface area contributed by atoms with Crippen LogP contribution in [0.25, 0.3) is 0 Å². The summed E-state index contributed by atoms with van der Waals surface area (Å²) < 4.78 is 11.6. The monoisotopic (exact) mass is 532 g/mol. The molecule has 0 radical (unpaired) electrons. The number of rotatable bonds is 7. The highest BCUT2D eigenvalue weighted by atomic mass is 127. The van der Waals surface area contributed by atoms with E-state index in [-0.39, 0.29) is 48.1 Å². The molecule has 2 rings (SSSR count). The van der Waals surface area contributed by atoms with E-state index >= 15 is 0 Å². The SMILES string of the molecule is CN=C(NCc1ccc(OC)cc1OC1CCCC1)N(C)CC(=O)NC(C)(C)C.I. The number of halogens is 1. The maximum absolute atomic E-state index is 12.2. The smallest absolute Gasteiger partial charge is 0.240 e. The number of methoxy groups -OCH3 is 1. The molecule has 0 bridgehead atoms. The molecule has 0 aromatic heterocycles. The minimum absolute atomic E-state index is 0. The van der Waals surface area contributed by atoms with Gasteiger partial charge >= 0.3 is 0 Å². The summed E-state index contributed by atoms with van der Waals surface area (Å²) in [5.74, 6) is 2.23. The number of hydrogen-bond acceptors (Lipinski definition) is 4.